The Morgan fingerprint density at radius 3 is 2.45 bits per heavy atom. The van der Waals surface area contributed by atoms with Crippen molar-refractivity contribution in [2.75, 3.05) is 0 Å². The molecule has 0 aliphatic heterocycles. The lowest BCUT2D eigenvalue weighted by Crippen LogP contribution is -1.93. The molecule has 2 aromatic rings. The summed E-state index contributed by atoms with van der Waals surface area (Å²) >= 11 is 0. The molecule has 0 atom stereocenters. The first kappa shape index (κ1) is 13.2. The quantitative estimate of drug-likeness (QED) is 0.664. The molecule has 1 aliphatic carbocycles. The van der Waals surface area contributed by atoms with E-state index >= 15 is 0 Å². The second-order valence-electron chi connectivity index (χ2n) is 6.25. The molecule has 0 fully saturated rings. The van der Waals surface area contributed by atoms with Crippen molar-refractivity contribution in [2.24, 2.45) is 5.92 Å². The van der Waals surface area contributed by atoms with Gasteiger partial charge in [-0.3, -0.25) is 0 Å². The van der Waals surface area contributed by atoms with Crippen molar-refractivity contribution in [3.8, 4) is 11.1 Å². The third-order valence-electron chi connectivity index (χ3n) is 4.33. The lowest BCUT2D eigenvalue weighted by Gasteiger charge is -2.11. The number of fused-ring (bicyclic) bond motifs is 1. The second-order valence-corrected chi connectivity index (χ2v) is 6.25. The summed E-state index contributed by atoms with van der Waals surface area (Å²) in [6.07, 6.45) is 3.53. The summed E-state index contributed by atoms with van der Waals surface area (Å²) in [4.78, 5) is 0. The average molecular weight is 262 g/mol. The molecule has 0 spiro atoms. The van der Waals surface area contributed by atoms with Crippen LogP contribution in [0.4, 0.5) is 0 Å². The fourth-order valence-electron chi connectivity index (χ4n) is 3.12. The van der Waals surface area contributed by atoms with E-state index in [9.17, 15) is 0 Å². The minimum atomic E-state index is 0.634. The van der Waals surface area contributed by atoms with Crippen LogP contribution in [0.25, 0.3) is 17.2 Å². The highest BCUT2D eigenvalue weighted by atomic mass is 14.2. The number of allylic oxidation sites excluding steroid dienone is 1. The van der Waals surface area contributed by atoms with Gasteiger partial charge >= 0.3 is 0 Å². The van der Waals surface area contributed by atoms with Crippen molar-refractivity contribution >= 4 is 6.08 Å². The minimum Gasteiger partial charge on any atom is -0.0626 e. The number of rotatable bonds is 2. The van der Waals surface area contributed by atoms with Crippen LogP contribution in [0.15, 0.2) is 42.0 Å². The topological polar surface area (TPSA) is 0 Å². The number of hydrogen-bond donors (Lipinski definition) is 0. The summed E-state index contributed by atoms with van der Waals surface area (Å²) in [6, 6.07) is 13.5. The maximum atomic E-state index is 2.41. The maximum absolute atomic E-state index is 2.41. The van der Waals surface area contributed by atoms with E-state index in [-0.39, 0.29) is 0 Å². The molecule has 20 heavy (non-hydrogen) atoms. The van der Waals surface area contributed by atoms with Crippen LogP contribution in [0.5, 0.6) is 0 Å². The molecule has 1 aliphatic rings. The summed E-state index contributed by atoms with van der Waals surface area (Å²) in [5.74, 6) is 0.634. The summed E-state index contributed by atoms with van der Waals surface area (Å²) < 4.78 is 0. The molecule has 0 N–H and O–H groups in total. The molecule has 0 heteroatoms. The van der Waals surface area contributed by atoms with Crippen molar-refractivity contribution in [3.63, 3.8) is 0 Å². The predicted molar refractivity (Wildman–Crippen MR) is 87.9 cm³/mol. The van der Waals surface area contributed by atoms with Crippen LogP contribution >= 0.6 is 0 Å². The summed E-state index contributed by atoms with van der Waals surface area (Å²) in [5, 5.41) is 0. The fourth-order valence-corrected chi connectivity index (χ4v) is 3.12. The standard InChI is InChI=1S/C20H22/c1-13(2)17-11-16-6-5-7-19(20(16)12-17)18-9-8-14(3)10-15(18)4/h5-10,12-13H,11H2,1-4H3. The molecule has 0 heterocycles. The Balaban J connectivity index is 2.15. The zero-order valence-corrected chi connectivity index (χ0v) is 12.8. The molecule has 0 nitrogen and oxygen atoms in total. The Morgan fingerprint density at radius 2 is 1.75 bits per heavy atom. The fraction of sp³-hybridized carbons (Fsp3) is 0.300. The van der Waals surface area contributed by atoms with Gasteiger partial charge in [0.25, 0.3) is 0 Å². The lowest BCUT2D eigenvalue weighted by atomic mass is 9.93. The molecular weight excluding hydrogens is 240 g/mol. The highest BCUT2D eigenvalue weighted by Gasteiger charge is 2.18. The van der Waals surface area contributed by atoms with Gasteiger partial charge in [0.15, 0.2) is 0 Å². The Hall–Kier alpha value is -1.82. The van der Waals surface area contributed by atoms with Crippen molar-refractivity contribution in [2.45, 2.75) is 34.1 Å². The third kappa shape index (κ3) is 2.20. The highest BCUT2D eigenvalue weighted by molar-refractivity contribution is 5.82. The Kier molecular flexibility index (Phi) is 3.25. The molecule has 0 saturated carbocycles. The maximum Gasteiger partial charge on any atom is -0.00550 e. The van der Waals surface area contributed by atoms with E-state index in [0.717, 1.165) is 6.42 Å². The molecule has 0 bridgehead atoms. The lowest BCUT2D eigenvalue weighted by molar-refractivity contribution is 0.754. The summed E-state index contributed by atoms with van der Waals surface area (Å²) in [6.45, 7) is 8.94. The van der Waals surface area contributed by atoms with Crippen LogP contribution in [-0.2, 0) is 6.42 Å². The van der Waals surface area contributed by atoms with Crippen molar-refractivity contribution in [3.05, 3.63) is 64.2 Å². The number of hydrogen-bond acceptors (Lipinski definition) is 0. The van der Waals surface area contributed by atoms with Gasteiger partial charge in [-0.2, -0.15) is 0 Å². The van der Waals surface area contributed by atoms with Crippen molar-refractivity contribution < 1.29 is 0 Å². The average Bonchev–Trinajstić information content (AvgIpc) is 2.83. The van der Waals surface area contributed by atoms with Gasteiger partial charge in [0.05, 0.1) is 0 Å². The van der Waals surface area contributed by atoms with Crippen LogP contribution < -0.4 is 0 Å². The Morgan fingerprint density at radius 1 is 0.950 bits per heavy atom. The van der Waals surface area contributed by atoms with E-state index in [4.69, 9.17) is 0 Å². The predicted octanol–water partition coefficient (Wildman–Crippen LogP) is 5.57. The van der Waals surface area contributed by atoms with E-state index < -0.39 is 0 Å². The Bertz CT molecular complexity index is 687. The van der Waals surface area contributed by atoms with Gasteiger partial charge in [-0.25, -0.2) is 0 Å². The SMILES string of the molecule is Cc1ccc(-c2cccc3c2C=C(C(C)C)C3)c(C)c1. The van der Waals surface area contributed by atoms with Gasteiger partial charge in [0, 0.05) is 0 Å². The summed E-state index contributed by atoms with van der Waals surface area (Å²) in [7, 11) is 0. The molecule has 0 radical (unpaired) electrons. The number of benzene rings is 2. The van der Waals surface area contributed by atoms with Crippen LogP contribution in [0.3, 0.4) is 0 Å². The molecule has 0 amide bonds. The first-order chi connectivity index (χ1) is 9.56. The first-order valence-corrected chi connectivity index (χ1v) is 7.46. The van der Waals surface area contributed by atoms with E-state index in [0.29, 0.717) is 5.92 Å². The van der Waals surface area contributed by atoms with E-state index in [1.54, 1.807) is 5.57 Å². The smallest absolute Gasteiger partial charge is 0.00550 e. The van der Waals surface area contributed by atoms with Crippen LogP contribution in [0.2, 0.25) is 0 Å². The molecule has 0 aromatic heterocycles. The molecule has 0 unspecified atom stereocenters. The largest absolute Gasteiger partial charge is 0.0626 e. The zero-order valence-electron chi connectivity index (χ0n) is 12.8. The van der Waals surface area contributed by atoms with Gasteiger partial charge in [0.2, 0.25) is 0 Å². The van der Waals surface area contributed by atoms with Gasteiger partial charge < -0.3 is 0 Å². The van der Waals surface area contributed by atoms with E-state index in [1.807, 2.05) is 0 Å². The highest BCUT2D eigenvalue weighted by Crippen LogP contribution is 2.37. The van der Waals surface area contributed by atoms with Crippen LogP contribution in [-0.4, -0.2) is 0 Å². The van der Waals surface area contributed by atoms with Gasteiger partial charge in [-0.15, -0.1) is 0 Å². The number of aryl methyl sites for hydroxylation is 2. The first-order valence-electron chi connectivity index (χ1n) is 7.46. The third-order valence-corrected chi connectivity index (χ3v) is 4.33. The van der Waals surface area contributed by atoms with Crippen LogP contribution in [0, 0.1) is 19.8 Å². The van der Waals surface area contributed by atoms with Gasteiger partial charge in [-0.1, -0.05) is 67.5 Å². The van der Waals surface area contributed by atoms with E-state index in [2.05, 4.69) is 70.2 Å². The van der Waals surface area contributed by atoms with Gasteiger partial charge in [0.1, 0.15) is 0 Å². The minimum absolute atomic E-state index is 0.634. The summed E-state index contributed by atoms with van der Waals surface area (Å²) in [5.41, 5.74) is 9.91. The van der Waals surface area contributed by atoms with E-state index in [1.165, 1.54) is 33.4 Å². The second kappa shape index (κ2) is 4.94. The zero-order chi connectivity index (χ0) is 14.3. The molecule has 102 valence electrons. The molecule has 3 rings (SSSR count). The van der Waals surface area contributed by atoms with Gasteiger partial charge in [-0.05, 0) is 54.0 Å². The Labute approximate surface area is 122 Å². The normalized spacial score (nSPS) is 13.6. The van der Waals surface area contributed by atoms with Crippen molar-refractivity contribution in [1.82, 2.24) is 0 Å². The molecular formula is C20H22. The molecule has 0 saturated heterocycles. The van der Waals surface area contributed by atoms with Crippen molar-refractivity contribution in [1.29, 1.82) is 0 Å². The van der Waals surface area contributed by atoms with Crippen LogP contribution in [0.1, 0.15) is 36.1 Å². The molecule has 2 aromatic carbocycles. The monoisotopic (exact) mass is 262 g/mol.